The second-order valence-corrected chi connectivity index (χ2v) is 4.38. The van der Waals surface area contributed by atoms with Crippen molar-refractivity contribution >= 4 is 43.1 Å². The largest absolute Gasteiger partial charge is 0.135 e. The molecule has 0 aliphatic rings. The fourth-order valence-electron chi connectivity index (χ4n) is 1.50. The Bertz CT molecular complexity index is 794. The van der Waals surface area contributed by atoms with E-state index in [0.29, 0.717) is 20.5 Å². The van der Waals surface area contributed by atoms with Crippen LogP contribution in [-0.4, -0.2) is 0 Å². The first-order valence-corrected chi connectivity index (χ1v) is 5.29. The molecule has 0 nitrogen and oxygen atoms in total. The zero-order valence-electron chi connectivity index (χ0n) is 11.0. The van der Waals surface area contributed by atoms with Gasteiger partial charge in [0.05, 0.1) is 5.48 Å². The van der Waals surface area contributed by atoms with Crippen molar-refractivity contribution < 1.29 is 5.48 Å². The van der Waals surface area contributed by atoms with E-state index in [1.165, 1.54) is 11.3 Å². The Morgan fingerprint density at radius 1 is 1.14 bits per heavy atom. The highest BCUT2D eigenvalue weighted by Crippen LogP contribution is 2.37. The monoisotopic (exact) mass is 222 g/mol. The van der Waals surface area contributed by atoms with Crippen LogP contribution in [0.4, 0.5) is 0 Å². The Kier molecular flexibility index (Phi) is 1.09. The topological polar surface area (TPSA) is 0 Å². The van der Waals surface area contributed by atoms with Crippen molar-refractivity contribution in [2.75, 3.05) is 0 Å². The maximum atomic E-state index is 7.98. The van der Waals surface area contributed by atoms with Gasteiger partial charge in [-0.15, -0.1) is 11.3 Å². The van der Waals surface area contributed by atoms with Crippen molar-refractivity contribution in [3.05, 3.63) is 47.4 Å². The van der Waals surface area contributed by atoms with Gasteiger partial charge in [0.15, 0.2) is 0 Å². The summed E-state index contributed by atoms with van der Waals surface area (Å²) < 4.78 is 32.7. The van der Waals surface area contributed by atoms with E-state index in [2.05, 4.69) is 0 Å². The number of halogens is 1. The quantitative estimate of drug-likeness (QED) is 0.517. The van der Waals surface area contributed by atoms with Crippen LogP contribution in [0.2, 0.25) is 5.02 Å². The van der Waals surface area contributed by atoms with Crippen molar-refractivity contribution in [1.29, 1.82) is 0 Å². The summed E-state index contributed by atoms with van der Waals surface area (Å²) in [7, 11) is 0. The highest BCUT2D eigenvalue weighted by Gasteiger charge is 2.06. The molecular formula is C12H7ClS. The Morgan fingerprint density at radius 2 is 2.00 bits per heavy atom. The average Bonchev–Trinajstić information content (AvgIpc) is 2.75. The van der Waals surface area contributed by atoms with Gasteiger partial charge in [-0.25, -0.2) is 0 Å². The zero-order valence-corrected chi connectivity index (χ0v) is 8.59. The minimum Gasteiger partial charge on any atom is -0.135 e. The lowest BCUT2D eigenvalue weighted by Gasteiger charge is -1.93. The third-order valence-corrected chi connectivity index (χ3v) is 3.48. The molecule has 1 aromatic heterocycles. The molecule has 0 saturated carbocycles. The first kappa shape index (κ1) is 5.15. The highest BCUT2D eigenvalue weighted by atomic mass is 35.5. The van der Waals surface area contributed by atoms with E-state index in [4.69, 9.17) is 17.1 Å². The maximum absolute atomic E-state index is 7.98. The molecule has 1 heterocycles. The Labute approximate surface area is 96.4 Å². The van der Waals surface area contributed by atoms with Crippen LogP contribution in [-0.2, 0) is 0 Å². The minimum absolute atomic E-state index is 0.00302. The van der Waals surface area contributed by atoms with Gasteiger partial charge in [-0.05, 0) is 18.2 Å². The van der Waals surface area contributed by atoms with Gasteiger partial charge in [-0.1, -0.05) is 35.8 Å². The summed E-state index contributed by atoms with van der Waals surface area (Å²) in [5, 5.41) is 1.75. The third kappa shape index (κ3) is 1.06. The van der Waals surface area contributed by atoms with E-state index in [1.54, 1.807) is 6.07 Å². The molecule has 68 valence electrons. The van der Waals surface area contributed by atoms with Crippen molar-refractivity contribution in [2.45, 2.75) is 0 Å². The number of fused-ring (bicyclic) bond motifs is 3. The highest BCUT2D eigenvalue weighted by molar-refractivity contribution is 7.25. The summed E-state index contributed by atoms with van der Waals surface area (Å²) >= 11 is 7.49. The molecule has 0 spiro atoms. The van der Waals surface area contributed by atoms with Gasteiger partial charge >= 0.3 is 0 Å². The number of hydrogen-bond donors (Lipinski definition) is 0. The van der Waals surface area contributed by atoms with Gasteiger partial charge in [0.2, 0.25) is 0 Å². The van der Waals surface area contributed by atoms with Crippen LogP contribution in [0, 0.1) is 0 Å². The van der Waals surface area contributed by atoms with Crippen molar-refractivity contribution in [2.24, 2.45) is 0 Å². The molecule has 2 aromatic carbocycles. The van der Waals surface area contributed by atoms with Gasteiger partial charge in [0.1, 0.15) is 0 Å². The summed E-state index contributed by atoms with van der Waals surface area (Å²) in [6, 6.07) is 4.99. The summed E-state index contributed by atoms with van der Waals surface area (Å²) in [6.45, 7) is 0. The Balaban J connectivity index is 2.69. The number of hydrogen-bond acceptors (Lipinski definition) is 1. The van der Waals surface area contributed by atoms with Crippen molar-refractivity contribution in [1.82, 2.24) is 0 Å². The lowest BCUT2D eigenvalue weighted by atomic mass is 10.1. The summed E-state index contributed by atoms with van der Waals surface area (Å²) in [6.07, 6.45) is 0. The molecule has 3 rings (SSSR count). The lowest BCUT2D eigenvalue weighted by Crippen LogP contribution is -1.67. The Morgan fingerprint density at radius 3 is 2.93 bits per heavy atom. The summed E-state index contributed by atoms with van der Waals surface area (Å²) in [4.78, 5) is 0. The molecule has 0 aliphatic heterocycles. The van der Waals surface area contributed by atoms with Crippen molar-refractivity contribution in [3.8, 4) is 0 Å². The van der Waals surface area contributed by atoms with Crippen LogP contribution in [0.15, 0.2) is 42.4 Å². The fraction of sp³-hybridized carbons (Fsp3) is 0. The number of benzene rings is 2. The first-order chi connectivity index (χ1) is 8.52. The molecule has 14 heavy (non-hydrogen) atoms. The lowest BCUT2D eigenvalue weighted by molar-refractivity contribution is 1.84. The van der Waals surface area contributed by atoms with E-state index in [9.17, 15) is 0 Å². The number of thiophene rings is 1. The van der Waals surface area contributed by atoms with Crippen LogP contribution in [0.3, 0.4) is 0 Å². The van der Waals surface area contributed by atoms with Gasteiger partial charge < -0.3 is 0 Å². The van der Waals surface area contributed by atoms with Crippen LogP contribution in [0.1, 0.15) is 5.48 Å². The average molecular weight is 223 g/mol. The molecular weight excluding hydrogens is 212 g/mol. The SMILES string of the molecule is [2H]c1c([2H])c([2H])c2c(sc3cccc(Cl)c32)c1[2H]. The van der Waals surface area contributed by atoms with Crippen molar-refractivity contribution in [3.63, 3.8) is 0 Å². The van der Waals surface area contributed by atoms with E-state index in [-0.39, 0.29) is 24.2 Å². The third-order valence-electron chi connectivity index (χ3n) is 2.09. The fourth-order valence-corrected chi connectivity index (χ4v) is 2.86. The smallest absolute Gasteiger partial charge is 0.0638 e. The van der Waals surface area contributed by atoms with E-state index < -0.39 is 0 Å². The van der Waals surface area contributed by atoms with Crippen LogP contribution in [0.25, 0.3) is 20.2 Å². The molecule has 0 N–H and O–H groups in total. The molecule has 0 saturated heterocycles. The van der Waals surface area contributed by atoms with Crippen LogP contribution < -0.4 is 0 Å². The second-order valence-electron chi connectivity index (χ2n) is 2.92. The van der Waals surface area contributed by atoms with Crippen LogP contribution >= 0.6 is 22.9 Å². The van der Waals surface area contributed by atoms with Gasteiger partial charge in [0.25, 0.3) is 0 Å². The predicted octanol–water partition coefficient (Wildman–Crippen LogP) is 4.71. The molecule has 3 aromatic rings. The van der Waals surface area contributed by atoms with Crippen LogP contribution in [0.5, 0.6) is 0 Å². The van der Waals surface area contributed by atoms with E-state index >= 15 is 0 Å². The summed E-state index contributed by atoms with van der Waals surface area (Å²) in [5.74, 6) is 0. The molecule has 2 heteroatoms. The predicted molar refractivity (Wildman–Crippen MR) is 64.3 cm³/mol. The molecule has 0 fully saturated rings. The van der Waals surface area contributed by atoms with E-state index in [0.717, 1.165) is 4.70 Å². The first-order valence-electron chi connectivity index (χ1n) is 6.09. The van der Waals surface area contributed by atoms with Gasteiger partial charge in [0, 0.05) is 25.2 Å². The van der Waals surface area contributed by atoms with Gasteiger partial charge in [-0.2, -0.15) is 0 Å². The Hall–Kier alpha value is -1.05. The molecule has 0 aliphatic carbocycles. The minimum atomic E-state index is -0.216. The molecule has 0 bridgehead atoms. The summed E-state index contributed by atoms with van der Waals surface area (Å²) in [5.41, 5.74) is 0. The molecule has 0 atom stereocenters. The second kappa shape index (κ2) is 2.97. The molecule has 0 unspecified atom stereocenters. The normalized spacial score (nSPS) is 15.2. The van der Waals surface area contributed by atoms with E-state index in [1.807, 2.05) is 12.1 Å². The standard InChI is InChI=1S/C12H7ClS/c13-9-5-3-7-11-12(9)8-4-1-2-6-10(8)14-11/h1-7H/i1D,2D,4D,6D. The zero-order chi connectivity index (χ0) is 13.0. The molecule has 0 amide bonds. The van der Waals surface area contributed by atoms with Gasteiger partial charge in [-0.3, -0.25) is 0 Å². The number of rotatable bonds is 0. The molecule has 0 radical (unpaired) electrons. The maximum Gasteiger partial charge on any atom is 0.0638 e.